The van der Waals surface area contributed by atoms with Crippen LogP contribution in [0.5, 0.6) is 0 Å². The number of fused-ring (bicyclic) bond motifs is 1. The Morgan fingerprint density at radius 1 is 1.21 bits per heavy atom. The average Bonchev–Trinajstić information content (AvgIpc) is 3.04. The van der Waals surface area contributed by atoms with Gasteiger partial charge in [0.2, 0.25) is 0 Å². The van der Waals surface area contributed by atoms with Crippen LogP contribution in [0.4, 0.5) is 0 Å². The van der Waals surface area contributed by atoms with Crippen molar-refractivity contribution in [2.45, 2.75) is 26.4 Å². The maximum Gasteiger partial charge on any atom is 0.135 e. The van der Waals surface area contributed by atoms with Gasteiger partial charge in [-0.15, -0.1) is 0 Å². The fraction of sp³-hybridized carbons (Fsp3) is 0.263. The molecule has 1 aromatic carbocycles. The molecule has 1 aliphatic rings. The highest BCUT2D eigenvalue weighted by Crippen LogP contribution is 2.29. The SMILES string of the molecule is Cc1ncc2c(n1)CCN(Cc1ccc(-c3ccccc3Cl)o1)C2. The summed E-state index contributed by atoms with van der Waals surface area (Å²) in [6.45, 7) is 4.55. The third-order valence-electron chi connectivity index (χ3n) is 4.31. The van der Waals surface area contributed by atoms with E-state index in [0.29, 0.717) is 5.02 Å². The van der Waals surface area contributed by atoms with Gasteiger partial charge in [0.1, 0.15) is 17.3 Å². The van der Waals surface area contributed by atoms with Gasteiger partial charge < -0.3 is 4.42 Å². The van der Waals surface area contributed by atoms with Crippen molar-refractivity contribution in [1.82, 2.24) is 14.9 Å². The molecule has 1 aliphatic heterocycles. The van der Waals surface area contributed by atoms with Gasteiger partial charge >= 0.3 is 0 Å². The first kappa shape index (κ1) is 15.4. The van der Waals surface area contributed by atoms with Crippen LogP contribution in [-0.4, -0.2) is 21.4 Å². The maximum absolute atomic E-state index is 6.24. The Labute approximate surface area is 146 Å². The van der Waals surface area contributed by atoms with Crippen LogP contribution < -0.4 is 0 Å². The van der Waals surface area contributed by atoms with Crippen molar-refractivity contribution in [2.24, 2.45) is 0 Å². The zero-order chi connectivity index (χ0) is 16.5. The van der Waals surface area contributed by atoms with Gasteiger partial charge in [-0.3, -0.25) is 4.90 Å². The minimum atomic E-state index is 0.706. The second-order valence-corrected chi connectivity index (χ2v) is 6.50. The van der Waals surface area contributed by atoms with Gasteiger partial charge in [-0.1, -0.05) is 23.7 Å². The molecular weight excluding hydrogens is 322 g/mol. The van der Waals surface area contributed by atoms with Gasteiger partial charge in [-0.2, -0.15) is 0 Å². The Kier molecular flexibility index (Phi) is 4.08. The Morgan fingerprint density at radius 2 is 2.08 bits per heavy atom. The number of benzene rings is 1. The van der Waals surface area contributed by atoms with Gasteiger partial charge in [0.25, 0.3) is 0 Å². The molecule has 0 amide bonds. The van der Waals surface area contributed by atoms with E-state index in [1.807, 2.05) is 49.5 Å². The fourth-order valence-electron chi connectivity index (χ4n) is 3.10. The van der Waals surface area contributed by atoms with Crippen molar-refractivity contribution in [2.75, 3.05) is 6.54 Å². The van der Waals surface area contributed by atoms with Crippen LogP contribution >= 0.6 is 11.6 Å². The number of furan rings is 1. The monoisotopic (exact) mass is 339 g/mol. The summed E-state index contributed by atoms with van der Waals surface area (Å²) >= 11 is 6.24. The first-order valence-corrected chi connectivity index (χ1v) is 8.44. The lowest BCUT2D eigenvalue weighted by Crippen LogP contribution is -2.30. The van der Waals surface area contributed by atoms with E-state index in [0.717, 1.165) is 49.0 Å². The van der Waals surface area contributed by atoms with Crippen LogP contribution in [-0.2, 0) is 19.5 Å². The zero-order valence-electron chi connectivity index (χ0n) is 13.5. The summed E-state index contributed by atoms with van der Waals surface area (Å²) in [6, 6.07) is 11.8. The largest absolute Gasteiger partial charge is 0.460 e. The summed E-state index contributed by atoms with van der Waals surface area (Å²) in [7, 11) is 0. The smallest absolute Gasteiger partial charge is 0.135 e. The second-order valence-electron chi connectivity index (χ2n) is 6.10. The predicted molar refractivity (Wildman–Crippen MR) is 93.7 cm³/mol. The lowest BCUT2D eigenvalue weighted by atomic mass is 10.1. The minimum absolute atomic E-state index is 0.706. The van der Waals surface area contributed by atoms with Gasteiger partial charge in [-0.25, -0.2) is 9.97 Å². The highest BCUT2D eigenvalue weighted by Gasteiger charge is 2.19. The van der Waals surface area contributed by atoms with Crippen molar-refractivity contribution >= 4 is 11.6 Å². The van der Waals surface area contributed by atoms with Crippen LogP contribution in [0.25, 0.3) is 11.3 Å². The summed E-state index contributed by atoms with van der Waals surface area (Å²) in [5.74, 6) is 2.60. The fourth-order valence-corrected chi connectivity index (χ4v) is 3.33. The van der Waals surface area contributed by atoms with Crippen molar-refractivity contribution in [1.29, 1.82) is 0 Å². The van der Waals surface area contributed by atoms with E-state index in [2.05, 4.69) is 14.9 Å². The Balaban J connectivity index is 1.49. The van der Waals surface area contributed by atoms with E-state index in [9.17, 15) is 0 Å². The molecule has 0 bridgehead atoms. The zero-order valence-corrected chi connectivity index (χ0v) is 14.3. The van der Waals surface area contributed by atoms with Crippen molar-refractivity contribution < 1.29 is 4.42 Å². The van der Waals surface area contributed by atoms with Gasteiger partial charge in [0.15, 0.2) is 0 Å². The number of aryl methyl sites for hydroxylation is 1. The highest BCUT2D eigenvalue weighted by molar-refractivity contribution is 6.33. The van der Waals surface area contributed by atoms with Crippen LogP contribution in [0, 0.1) is 6.92 Å². The third-order valence-corrected chi connectivity index (χ3v) is 4.64. The standard InChI is InChI=1S/C19H18ClN3O/c1-13-21-10-14-11-23(9-8-18(14)22-13)12-15-6-7-19(24-15)16-4-2-3-5-17(16)20/h2-7,10H,8-9,11-12H2,1H3. The Bertz CT molecular complexity index is 875. The number of halogens is 1. The van der Waals surface area contributed by atoms with Crippen LogP contribution in [0.2, 0.25) is 5.02 Å². The molecule has 0 N–H and O–H groups in total. The quantitative estimate of drug-likeness (QED) is 0.715. The highest BCUT2D eigenvalue weighted by atomic mass is 35.5. The van der Waals surface area contributed by atoms with Crippen LogP contribution in [0.3, 0.4) is 0 Å². The first-order chi connectivity index (χ1) is 11.7. The number of hydrogen-bond donors (Lipinski definition) is 0. The molecule has 0 unspecified atom stereocenters. The molecule has 2 aromatic heterocycles. The summed E-state index contributed by atoms with van der Waals surface area (Å²) in [5.41, 5.74) is 3.32. The minimum Gasteiger partial charge on any atom is -0.460 e. The lowest BCUT2D eigenvalue weighted by molar-refractivity contribution is 0.224. The molecule has 3 aromatic rings. The Hall–Kier alpha value is -2.17. The van der Waals surface area contributed by atoms with Gasteiger partial charge in [-0.05, 0) is 31.2 Å². The molecule has 0 fully saturated rings. The third kappa shape index (κ3) is 3.07. The van der Waals surface area contributed by atoms with Gasteiger partial charge in [0, 0.05) is 42.5 Å². The molecule has 0 atom stereocenters. The molecule has 122 valence electrons. The average molecular weight is 340 g/mol. The van der Waals surface area contributed by atoms with Crippen LogP contribution in [0.15, 0.2) is 47.0 Å². The van der Waals surface area contributed by atoms with E-state index in [1.165, 1.54) is 11.3 Å². The molecule has 0 saturated carbocycles. The molecule has 0 spiro atoms. The molecule has 0 saturated heterocycles. The molecule has 5 heteroatoms. The second kappa shape index (κ2) is 6.38. The first-order valence-electron chi connectivity index (χ1n) is 8.06. The summed E-state index contributed by atoms with van der Waals surface area (Å²) in [4.78, 5) is 11.2. The number of hydrogen-bond acceptors (Lipinski definition) is 4. The molecular formula is C19H18ClN3O. The van der Waals surface area contributed by atoms with Crippen LogP contribution in [0.1, 0.15) is 22.8 Å². The molecule has 4 nitrogen and oxygen atoms in total. The molecule has 3 heterocycles. The topological polar surface area (TPSA) is 42.2 Å². The van der Waals surface area contributed by atoms with E-state index in [-0.39, 0.29) is 0 Å². The van der Waals surface area contributed by atoms with Crippen molar-refractivity contribution in [3.8, 4) is 11.3 Å². The molecule has 0 radical (unpaired) electrons. The summed E-state index contributed by atoms with van der Waals surface area (Å²) in [5, 5.41) is 0.706. The number of nitrogens with zero attached hydrogens (tertiary/aromatic N) is 3. The van der Waals surface area contributed by atoms with Gasteiger partial charge in [0.05, 0.1) is 11.6 Å². The number of rotatable bonds is 3. The van der Waals surface area contributed by atoms with E-state index >= 15 is 0 Å². The van der Waals surface area contributed by atoms with E-state index in [4.69, 9.17) is 16.0 Å². The van der Waals surface area contributed by atoms with Crippen molar-refractivity contribution in [3.05, 3.63) is 70.5 Å². The molecule has 0 aliphatic carbocycles. The predicted octanol–water partition coefficient (Wildman–Crippen LogP) is 4.26. The Morgan fingerprint density at radius 3 is 2.96 bits per heavy atom. The van der Waals surface area contributed by atoms with E-state index in [1.54, 1.807) is 0 Å². The lowest BCUT2D eigenvalue weighted by Gasteiger charge is -2.27. The molecule has 4 rings (SSSR count). The molecule has 24 heavy (non-hydrogen) atoms. The maximum atomic E-state index is 6.24. The normalized spacial score (nSPS) is 14.6. The van der Waals surface area contributed by atoms with Crippen molar-refractivity contribution in [3.63, 3.8) is 0 Å². The summed E-state index contributed by atoms with van der Waals surface area (Å²) < 4.78 is 6.00. The van der Waals surface area contributed by atoms with E-state index < -0.39 is 0 Å². The number of aromatic nitrogens is 2. The summed E-state index contributed by atoms with van der Waals surface area (Å²) in [6.07, 6.45) is 2.90.